The number of piperidine rings is 1. The van der Waals surface area contributed by atoms with E-state index in [1.807, 2.05) is 0 Å². The molecule has 2 atom stereocenters. The SMILES string of the molecule is CCN1CNC(=O)C12CCN([C@H]1CCCC[C@H]1c1ccccc1)CC2. The van der Waals surface area contributed by atoms with Crippen LogP contribution >= 0.6 is 0 Å². The molecule has 0 radical (unpaired) electrons. The minimum absolute atomic E-state index is 0.234. The highest BCUT2D eigenvalue weighted by molar-refractivity contribution is 5.88. The molecule has 1 aromatic carbocycles. The number of carbonyl (C=O) groups excluding carboxylic acids is 1. The summed E-state index contributed by atoms with van der Waals surface area (Å²) < 4.78 is 0. The van der Waals surface area contributed by atoms with Crippen LogP contribution in [-0.4, -0.2) is 53.6 Å². The molecule has 0 unspecified atom stereocenters. The Labute approximate surface area is 151 Å². The second-order valence-corrected chi connectivity index (χ2v) is 7.96. The number of carbonyl (C=O) groups is 1. The Hall–Kier alpha value is -1.39. The van der Waals surface area contributed by atoms with E-state index in [4.69, 9.17) is 0 Å². The van der Waals surface area contributed by atoms with Crippen LogP contribution in [0.3, 0.4) is 0 Å². The molecule has 1 aliphatic carbocycles. The van der Waals surface area contributed by atoms with Gasteiger partial charge in [-0.1, -0.05) is 50.1 Å². The molecule has 4 nitrogen and oxygen atoms in total. The van der Waals surface area contributed by atoms with Gasteiger partial charge >= 0.3 is 0 Å². The van der Waals surface area contributed by atoms with Crippen LogP contribution in [0.5, 0.6) is 0 Å². The summed E-state index contributed by atoms with van der Waals surface area (Å²) in [5.41, 5.74) is 1.27. The van der Waals surface area contributed by atoms with Gasteiger partial charge in [-0.3, -0.25) is 14.6 Å². The molecule has 0 aromatic heterocycles. The minimum Gasteiger partial charge on any atom is -0.342 e. The molecule has 1 amide bonds. The van der Waals surface area contributed by atoms with E-state index < -0.39 is 0 Å². The Morgan fingerprint density at radius 3 is 2.56 bits per heavy atom. The average molecular weight is 341 g/mol. The standard InChI is InChI=1S/C21H31N3O/c1-2-24-16-22-20(25)21(24)12-14-23(15-13-21)19-11-7-6-10-18(19)17-8-4-3-5-9-17/h3-5,8-9,18-19H,2,6-7,10-16H2,1H3,(H,22,25)/t18-,19-/m0/s1. The van der Waals surface area contributed by atoms with Crippen molar-refractivity contribution >= 4 is 5.91 Å². The minimum atomic E-state index is -0.234. The van der Waals surface area contributed by atoms with Crippen molar-refractivity contribution in [3.63, 3.8) is 0 Å². The number of amides is 1. The Morgan fingerprint density at radius 1 is 1.12 bits per heavy atom. The van der Waals surface area contributed by atoms with Crippen LogP contribution in [-0.2, 0) is 4.79 Å². The first-order chi connectivity index (χ1) is 12.2. The molecule has 4 heteroatoms. The predicted octanol–water partition coefficient (Wildman–Crippen LogP) is 2.96. The second kappa shape index (κ2) is 7.08. The number of benzene rings is 1. The number of nitrogens with zero attached hydrogens (tertiary/aromatic N) is 2. The monoisotopic (exact) mass is 341 g/mol. The van der Waals surface area contributed by atoms with Gasteiger partial charge in [0.05, 0.1) is 6.67 Å². The topological polar surface area (TPSA) is 35.6 Å². The molecule has 1 spiro atoms. The van der Waals surface area contributed by atoms with E-state index in [-0.39, 0.29) is 11.4 Å². The van der Waals surface area contributed by atoms with Crippen molar-refractivity contribution in [2.75, 3.05) is 26.3 Å². The van der Waals surface area contributed by atoms with Crippen LogP contribution in [0, 0.1) is 0 Å². The van der Waals surface area contributed by atoms with Crippen LogP contribution < -0.4 is 5.32 Å². The lowest BCUT2D eigenvalue weighted by Gasteiger charge is -2.47. The molecule has 1 aromatic rings. The maximum absolute atomic E-state index is 12.5. The van der Waals surface area contributed by atoms with Crippen LogP contribution in [0.2, 0.25) is 0 Å². The summed E-state index contributed by atoms with van der Waals surface area (Å²) in [4.78, 5) is 17.6. The number of likely N-dealkylation sites (tertiary alicyclic amines) is 1. The van der Waals surface area contributed by atoms with E-state index in [9.17, 15) is 4.79 Å². The van der Waals surface area contributed by atoms with E-state index in [2.05, 4.69) is 52.4 Å². The highest BCUT2D eigenvalue weighted by atomic mass is 16.2. The van der Waals surface area contributed by atoms with E-state index in [1.165, 1.54) is 31.2 Å². The van der Waals surface area contributed by atoms with E-state index in [0.717, 1.165) is 39.1 Å². The fraction of sp³-hybridized carbons (Fsp3) is 0.667. The third kappa shape index (κ3) is 3.00. The van der Waals surface area contributed by atoms with Gasteiger partial charge in [0.15, 0.2) is 0 Å². The highest BCUT2D eigenvalue weighted by Crippen LogP contribution is 2.40. The normalized spacial score (nSPS) is 30.5. The first-order valence-electron chi connectivity index (χ1n) is 10.1. The third-order valence-corrected chi connectivity index (χ3v) is 6.89. The summed E-state index contributed by atoms with van der Waals surface area (Å²) in [5.74, 6) is 0.918. The second-order valence-electron chi connectivity index (χ2n) is 7.96. The van der Waals surface area contributed by atoms with E-state index in [0.29, 0.717) is 12.0 Å². The third-order valence-electron chi connectivity index (χ3n) is 6.89. The van der Waals surface area contributed by atoms with Gasteiger partial charge in [-0.2, -0.15) is 0 Å². The number of nitrogens with one attached hydrogen (secondary N) is 1. The largest absolute Gasteiger partial charge is 0.342 e. The summed E-state index contributed by atoms with van der Waals surface area (Å²) in [6.07, 6.45) is 7.25. The van der Waals surface area contributed by atoms with Gasteiger partial charge in [0.2, 0.25) is 5.91 Å². The first kappa shape index (κ1) is 17.0. The zero-order valence-electron chi connectivity index (χ0n) is 15.4. The van der Waals surface area contributed by atoms with Crippen molar-refractivity contribution in [3.8, 4) is 0 Å². The highest BCUT2D eigenvalue weighted by Gasteiger charge is 2.50. The average Bonchev–Trinajstić information content (AvgIpc) is 2.98. The molecular formula is C21H31N3O. The van der Waals surface area contributed by atoms with Gasteiger partial charge in [-0.05, 0) is 43.7 Å². The molecule has 136 valence electrons. The lowest BCUT2D eigenvalue weighted by molar-refractivity contribution is -0.129. The molecule has 4 rings (SSSR count). The lowest BCUT2D eigenvalue weighted by Crippen LogP contribution is -2.58. The fourth-order valence-corrected chi connectivity index (χ4v) is 5.45. The van der Waals surface area contributed by atoms with E-state index >= 15 is 0 Å². The Kier molecular flexibility index (Phi) is 4.83. The van der Waals surface area contributed by atoms with Gasteiger partial charge in [0.25, 0.3) is 0 Å². The van der Waals surface area contributed by atoms with Gasteiger partial charge in [-0.15, -0.1) is 0 Å². The molecule has 3 fully saturated rings. The van der Waals surface area contributed by atoms with Crippen molar-refractivity contribution in [2.24, 2.45) is 0 Å². The number of hydrogen-bond acceptors (Lipinski definition) is 3. The van der Waals surface area contributed by atoms with Gasteiger partial charge in [0, 0.05) is 19.1 Å². The van der Waals surface area contributed by atoms with Crippen molar-refractivity contribution in [1.82, 2.24) is 15.1 Å². The van der Waals surface area contributed by atoms with E-state index in [1.54, 1.807) is 0 Å². The van der Waals surface area contributed by atoms with Crippen molar-refractivity contribution in [2.45, 2.75) is 62.9 Å². The quantitative estimate of drug-likeness (QED) is 0.918. The number of hydrogen-bond donors (Lipinski definition) is 1. The molecule has 1 N–H and O–H groups in total. The summed E-state index contributed by atoms with van der Waals surface area (Å²) in [6.45, 7) is 5.96. The zero-order valence-corrected chi connectivity index (χ0v) is 15.4. The maximum Gasteiger partial charge on any atom is 0.241 e. The summed E-state index contributed by atoms with van der Waals surface area (Å²) in [5, 5.41) is 3.08. The van der Waals surface area contributed by atoms with Crippen LogP contribution in [0.1, 0.15) is 56.9 Å². The van der Waals surface area contributed by atoms with Crippen molar-refractivity contribution < 1.29 is 4.79 Å². The zero-order chi connectivity index (χ0) is 17.3. The van der Waals surface area contributed by atoms with Gasteiger partial charge in [-0.25, -0.2) is 0 Å². The van der Waals surface area contributed by atoms with Crippen LogP contribution in [0.4, 0.5) is 0 Å². The predicted molar refractivity (Wildman–Crippen MR) is 100 cm³/mol. The Balaban J connectivity index is 1.48. The van der Waals surface area contributed by atoms with Crippen LogP contribution in [0.25, 0.3) is 0 Å². The summed E-state index contributed by atoms with van der Waals surface area (Å²) in [7, 11) is 0. The van der Waals surface area contributed by atoms with Gasteiger partial charge in [0.1, 0.15) is 5.54 Å². The Bertz CT molecular complexity index is 594. The van der Waals surface area contributed by atoms with Gasteiger partial charge < -0.3 is 5.32 Å². The molecule has 2 aliphatic heterocycles. The molecule has 25 heavy (non-hydrogen) atoms. The molecule has 0 bridgehead atoms. The molecular weight excluding hydrogens is 310 g/mol. The first-order valence-corrected chi connectivity index (χ1v) is 10.1. The summed E-state index contributed by atoms with van der Waals surface area (Å²) >= 11 is 0. The van der Waals surface area contributed by atoms with Crippen molar-refractivity contribution in [1.29, 1.82) is 0 Å². The molecule has 1 saturated carbocycles. The maximum atomic E-state index is 12.5. The number of rotatable bonds is 3. The van der Waals surface area contributed by atoms with Crippen LogP contribution in [0.15, 0.2) is 30.3 Å². The Morgan fingerprint density at radius 2 is 1.84 bits per heavy atom. The smallest absolute Gasteiger partial charge is 0.241 e. The number of likely N-dealkylation sites (N-methyl/N-ethyl adjacent to an activating group) is 1. The lowest BCUT2D eigenvalue weighted by atomic mass is 9.77. The molecule has 3 aliphatic rings. The summed E-state index contributed by atoms with van der Waals surface area (Å²) in [6, 6.07) is 11.7. The van der Waals surface area contributed by atoms with Crippen molar-refractivity contribution in [3.05, 3.63) is 35.9 Å². The fourth-order valence-electron chi connectivity index (χ4n) is 5.45. The molecule has 2 heterocycles. The molecule has 2 saturated heterocycles.